The number of carbonyl (C=O) groups is 1. The monoisotopic (exact) mass is 292 g/mol. The zero-order valence-electron chi connectivity index (χ0n) is 12.1. The zero-order valence-corrected chi connectivity index (χ0v) is 12.9. The molecule has 0 saturated carbocycles. The fraction of sp³-hybridized carbons (Fsp3) is 0.500. The number of rotatable bonds is 6. The van der Waals surface area contributed by atoms with E-state index in [0.717, 1.165) is 18.7 Å². The van der Waals surface area contributed by atoms with E-state index in [-0.39, 0.29) is 11.8 Å². The predicted molar refractivity (Wildman–Crippen MR) is 81.0 cm³/mol. The van der Waals surface area contributed by atoms with Gasteiger partial charge in [0.25, 0.3) is 0 Å². The van der Waals surface area contributed by atoms with Gasteiger partial charge in [-0.2, -0.15) is 10.1 Å². The van der Waals surface area contributed by atoms with Gasteiger partial charge in [-0.05, 0) is 24.3 Å². The molecule has 0 fully saturated rings. The summed E-state index contributed by atoms with van der Waals surface area (Å²) < 4.78 is 1.62. The summed E-state index contributed by atoms with van der Waals surface area (Å²) in [7, 11) is 1.79. The van der Waals surface area contributed by atoms with Gasteiger partial charge in [0, 0.05) is 24.3 Å². The van der Waals surface area contributed by atoms with Gasteiger partial charge in [0.2, 0.25) is 11.9 Å². The van der Waals surface area contributed by atoms with E-state index in [1.54, 1.807) is 23.1 Å². The Balaban J connectivity index is 1.82. The van der Waals surface area contributed by atoms with Crippen molar-refractivity contribution in [3.8, 4) is 0 Å². The number of anilines is 1. The van der Waals surface area contributed by atoms with Crippen LogP contribution in [-0.2, 0) is 18.3 Å². The van der Waals surface area contributed by atoms with Crippen molar-refractivity contribution < 1.29 is 4.79 Å². The molecular formula is C14H20N4OS. The number of aryl methyl sites for hydroxylation is 2. The summed E-state index contributed by atoms with van der Waals surface area (Å²) in [5, 5.41) is 9.15. The third-order valence-corrected chi connectivity index (χ3v) is 3.89. The number of nitrogens with one attached hydrogen (secondary N) is 1. The van der Waals surface area contributed by atoms with Crippen molar-refractivity contribution in [2.24, 2.45) is 7.05 Å². The Morgan fingerprint density at radius 3 is 2.90 bits per heavy atom. The summed E-state index contributed by atoms with van der Waals surface area (Å²) in [6.07, 6.45) is 2.30. The summed E-state index contributed by atoms with van der Waals surface area (Å²) in [5.74, 6) is 1.52. The van der Waals surface area contributed by atoms with E-state index in [1.807, 2.05) is 19.9 Å². The zero-order chi connectivity index (χ0) is 14.5. The Hall–Kier alpha value is -1.69. The Morgan fingerprint density at radius 1 is 1.50 bits per heavy atom. The van der Waals surface area contributed by atoms with Gasteiger partial charge in [0.05, 0.1) is 0 Å². The molecule has 2 aromatic heterocycles. The molecule has 0 aliphatic heterocycles. The Kier molecular flexibility index (Phi) is 4.89. The normalized spacial score (nSPS) is 11.0. The first-order chi connectivity index (χ1) is 9.56. The van der Waals surface area contributed by atoms with Crippen LogP contribution >= 0.6 is 11.3 Å². The van der Waals surface area contributed by atoms with Gasteiger partial charge in [0.1, 0.15) is 0 Å². The molecule has 0 saturated heterocycles. The molecule has 20 heavy (non-hydrogen) atoms. The maximum Gasteiger partial charge on any atom is 0.227 e. The van der Waals surface area contributed by atoms with Crippen molar-refractivity contribution in [1.82, 2.24) is 14.8 Å². The van der Waals surface area contributed by atoms with Crippen LogP contribution in [0.15, 0.2) is 17.5 Å². The minimum absolute atomic E-state index is 0.00707. The molecule has 2 aromatic rings. The van der Waals surface area contributed by atoms with Crippen LogP contribution in [0.4, 0.5) is 5.95 Å². The Bertz CT molecular complexity index is 560. The number of aromatic nitrogens is 3. The summed E-state index contributed by atoms with van der Waals surface area (Å²) in [6, 6.07) is 4.13. The number of carbonyl (C=O) groups excluding carboxylic acids is 1. The third kappa shape index (κ3) is 3.90. The lowest BCUT2D eigenvalue weighted by Gasteiger charge is -2.03. The average Bonchev–Trinajstić information content (AvgIpc) is 3.00. The quantitative estimate of drug-likeness (QED) is 0.890. The first kappa shape index (κ1) is 14.7. The SMILES string of the molecule is CC(C)c1nc(NC(=O)CCCc2cccs2)n(C)n1. The molecule has 0 aliphatic carbocycles. The number of amides is 1. The molecule has 2 heterocycles. The fourth-order valence-electron chi connectivity index (χ4n) is 1.82. The molecule has 1 amide bonds. The predicted octanol–water partition coefficient (Wildman–Crippen LogP) is 2.96. The van der Waals surface area contributed by atoms with Gasteiger partial charge < -0.3 is 0 Å². The smallest absolute Gasteiger partial charge is 0.227 e. The van der Waals surface area contributed by atoms with Crippen LogP contribution in [0, 0.1) is 0 Å². The van der Waals surface area contributed by atoms with Crippen molar-refractivity contribution in [2.75, 3.05) is 5.32 Å². The molecule has 0 unspecified atom stereocenters. The van der Waals surface area contributed by atoms with Crippen molar-refractivity contribution in [3.05, 3.63) is 28.2 Å². The summed E-state index contributed by atoms with van der Waals surface area (Å²) >= 11 is 1.73. The van der Waals surface area contributed by atoms with Crippen LogP contribution in [0.5, 0.6) is 0 Å². The van der Waals surface area contributed by atoms with Crippen molar-refractivity contribution in [3.63, 3.8) is 0 Å². The molecule has 6 heteroatoms. The Morgan fingerprint density at radius 2 is 2.30 bits per heavy atom. The highest BCUT2D eigenvalue weighted by Gasteiger charge is 2.12. The minimum Gasteiger partial charge on any atom is -0.295 e. The maximum atomic E-state index is 11.9. The second-order valence-corrected chi connectivity index (χ2v) is 6.09. The first-order valence-electron chi connectivity index (χ1n) is 6.79. The van der Waals surface area contributed by atoms with Crippen LogP contribution in [0.3, 0.4) is 0 Å². The maximum absolute atomic E-state index is 11.9. The first-order valence-corrected chi connectivity index (χ1v) is 7.67. The molecule has 0 spiro atoms. The van der Waals surface area contributed by atoms with Gasteiger partial charge in [-0.25, -0.2) is 4.68 Å². The standard InChI is InChI=1S/C14H20N4OS/c1-10(2)13-16-14(18(3)17-13)15-12(19)8-4-6-11-7-5-9-20-11/h5,7,9-10H,4,6,8H2,1-3H3,(H,15,16,17,19). The molecule has 0 aromatic carbocycles. The highest BCUT2D eigenvalue weighted by Crippen LogP contribution is 2.14. The van der Waals surface area contributed by atoms with Crippen LogP contribution < -0.4 is 5.32 Å². The van der Waals surface area contributed by atoms with Crippen molar-refractivity contribution >= 4 is 23.2 Å². The van der Waals surface area contributed by atoms with Gasteiger partial charge in [-0.15, -0.1) is 11.3 Å². The molecular weight excluding hydrogens is 272 g/mol. The number of thiophene rings is 1. The number of nitrogens with zero attached hydrogens (tertiary/aromatic N) is 3. The molecule has 0 aliphatic rings. The molecule has 2 rings (SSSR count). The van der Waals surface area contributed by atoms with E-state index in [2.05, 4.69) is 26.8 Å². The second kappa shape index (κ2) is 6.65. The van der Waals surface area contributed by atoms with Crippen molar-refractivity contribution in [1.29, 1.82) is 0 Å². The van der Waals surface area contributed by atoms with Crippen LogP contribution in [0.25, 0.3) is 0 Å². The summed E-state index contributed by atoms with van der Waals surface area (Å²) in [5.41, 5.74) is 0. The van der Waals surface area contributed by atoms with E-state index < -0.39 is 0 Å². The Labute approximate surface area is 123 Å². The van der Waals surface area contributed by atoms with E-state index in [9.17, 15) is 4.79 Å². The van der Waals surface area contributed by atoms with Crippen LogP contribution in [0.2, 0.25) is 0 Å². The van der Waals surface area contributed by atoms with E-state index >= 15 is 0 Å². The van der Waals surface area contributed by atoms with Gasteiger partial charge in [0.15, 0.2) is 5.82 Å². The largest absolute Gasteiger partial charge is 0.295 e. The van der Waals surface area contributed by atoms with E-state index in [4.69, 9.17) is 0 Å². The molecule has 0 radical (unpaired) electrons. The number of hydrogen-bond donors (Lipinski definition) is 1. The number of hydrogen-bond acceptors (Lipinski definition) is 4. The van der Waals surface area contributed by atoms with Gasteiger partial charge in [-0.1, -0.05) is 19.9 Å². The lowest BCUT2D eigenvalue weighted by Crippen LogP contribution is -2.15. The molecule has 108 valence electrons. The minimum atomic E-state index is -0.00707. The lowest BCUT2D eigenvalue weighted by atomic mass is 10.2. The highest BCUT2D eigenvalue weighted by molar-refractivity contribution is 7.09. The summed E-state index contributed by atoms with van der Waals surface area (Å²) in [6.45, 7) is 4.06. The molecule has 0 bridgehead atoms. The fourth-order valence-corrected chi connectivity index (χ4v) is 2.57. The third-order valence-electron chi connectivity index (χ3n) is 2.95. The van der Waals surface area contributed by atoms with Crippen LogP contribution in [0.1, 0.15) is 43.3 Å². The second-order valence-electron chi connectivity index (χ2n) is 5.05. The molecule has 5 nitrogen and oxygen atoms in total. The summed E-state index contributed by atoms with van der Waals surface area (Å²) in [4.78, 5) is 17.5. The van der Waals surface area contributed by atoms with Gasteiger partial charge in [-0.3, -0.25) is 10.1 Å². The molecule has 1 N–H and O–H groups in total. The van der Waals surface area contributed by atoms with Crippen LogP contribution in [-0.4, -0.2) is 20.7 Å². The lowest BCUT2D eigenvalue weighted by molar-refractivity contribution is -0.116. The highest BCUT2D eigenvalue weighted by atomic mass is 32.1. The van der Waals surface area contributed by atoms with Gasteiger partial charge >= 0.3 is 0 Å². The molecule has 0 atom stereocenters. The average molecular weight is 292 g/mol. The topological polar surface area (TPSA) is 59.8 Å². The van der Waals surface area contributed by atoms with E-state index in [1.165, 1.54) is 4.88 Å². The van der Waals surface area contributed by atoms with E-state index in [0.29, 0.717) is 12.4 Å². The van der Waals surface area contributed by atoms with Crippen molar-refractivity contribution in [2.45, 2.75) is 39.0 Å².